The van der Waals surface area contributed by atoms with Crippen molar-refractivity contribution in [2.75, 3.05) is 25.2 Å². The van der Waals surface area contributed by atoms with Crippen LogP contribution < -0.4 is 14.4 Å². The lowest BCUT2D eigenvalue weighted by Gasteiger charge is -2.18. The molecule has 168 valence electrons. The molecule has 1 aromatic heterocycles. The molecular formula is C27H27N3O3. The second kappa shape index (κ2) is 9.36. The average Bonchev–Trinajstić information content (AvgIpc) is 3.43. The van der Waals surface area contributed by atoms with Crippen molar-refractivity contribution in [3.05, 3.63) is 84.7 Å². The Balaban J connectivity index is 1.34. The van der Waals surface area contributed by atoms with Gasteiger partial charge in [-0.25, -0.2) is 4.98 Å². The molecule has 1 aliphatic heterocycles. The highest BCUT2D eigenvalue weighted by Gasteiger charge is 2.34. The van der Waals surface area contributed by atoms with Crippen molar-refractivity contribution in [2.45, 2.75) is 25.3 Å². The fourth-order valence-corrected chi connectivity index (χ4v) is 4.46. The third-order valence-corrected chi connectivity index (χ3v) is 6.10. The number of amides is 1. The molecule has 1 aliphatic rings. The van der Waals surface area contributed by atoms with Crippen LogP contribution >= 0.6 is 0 Å². The van der Waals surface area contributed by atoms with Gasteiger partial charge in [0.2, 0.25) is 5.91 Å². The minimum Gasteiger partial charge on any atom is -0.497 e. The summed E-state index contributed by atoms with van der Waals surface area (Å²) >= 11 is 0. The van der Waals surface area contributed by atoms with E-state index in [9.17, 15) is 4.79 Å². The summed E-state index contributed by atoms with van der Waals surface area (Å²) in [5.74, 6) is 2.80. The smallest absolute Gasteiger partial charge is 0.227 e. The third kappa shape index (κ3) is 4.42. The monoisotopic (exact) mass is 441 g/mol. The standard InChI is InChI=1S/C27H27N3O3/c1-32-22-14-12-21(13-15-22)30-19-20(18-26(30)31)27-28-24-10-5-6-11-25(24)29(27)16-7-17-33-23-8-3-2-4-9-23/h2-6,8-15,20H,7,16-19H2,1H3/t20-/m1/s1. The predicted octanol–water partition coefficient (Wildman–Crippen LogP) is 5.03. The topological polar surface area (TPSA) is 56.6 Å². The molecule has 2 heterocycles. The number of fused-ring (bicyclic) bond motifs is 1. The van der Waals surface area contributed by atoms with Gasteiger partial charge >= 0.3 is 0 Å². The van der Waals surface area contributed by atoms with E-state index < -0.39 is 0 Å². The first-order chi connectivity index (χ1) is 16.2. The van der Waals surface area contributed by atoms with Gasteiger partial charge in [0.15, 0.2) is 0 Å². The average molecular weight is 442 g/mol. The fraction of sp³-hybridized carbons (Fsp3) is 0.259. The fourth-order valence-electron chi connectivity index (χ4n) is 4.46. The number of imidazole rings is 1. The third-order valence-electron chi connectivity index (χ3n) is 6.10. The van der Waals surface area contributed by atoms with Crippen LogP contribution in [0.25, 0.3) is 11.0 Å². The molecule has 0 radical (unpaired) electrons. The Morgan fingerprint density at radius 2 is 1.70 bits per heavy atom. The molecule has 5 rings (SSSR count). The van der Waals surface area contributed by atoms with Crippen molar-refractivity contribution >= 4 is 22.6 Å². The molecule has 33 heavy (non-hydrogen) atoms. The molecule has 0 aliphatic carbocycles. The van der Waals surface area contributed by atoms with E-state index in [-0.39, 0.29) is 11.8 Å². The lowest BCUT2D eigenvalue weighted by atomic mass is 10.1. The van der Waals surface area contributed by atoms with E-state index in [2.05, 4.69) is 10.6 Å². The van der Waals surface area contributed by atoms with Gasteiger partial charge < -0.3 is 18.9 Å². The molecule has 1 amide bonds. The maximum Gasteiger partial charge on any atom is 0.227 e. The number of ether oxygens (including phenoxy) is 2. The van der Waals surface area contributed by atoms with Crippen molar-refractivity contribution in [3.63, 3.8) is 0 Å². The van der Waals surface area contributed by atoms with Gasteiger partial charge in [0.05, 0.1) is 24.8 Å². The molecule has 0 spiro atoms. The van der Waals surface area contributed by atoms with Crippen molar-refractivity contribution in [1.82, 2.24) is 9.55 Å². The van der Waals surface area contributed by atoms with Crippen LogP contribution in [-0.2, 0) is 11.3 Å². The minimum atomic E-state index is 0.0436. The predicted molar refractivity (Wildman–Crippen MR) is 129 cm³/mol. The van der Waals surface area contributed by atoms with Gasteiger partial charge in [-0.2, -0.15) is 0 Å². The summed E-state index contributed by atoms with van der Waals surface area (Å²) in [6, 6.07) is 25.7. The zero-order chi connectivity index (χ0) is 22.6. The maximum atomic E-state index is 12.9. The summed E-state index contributed by atoms with van der Waals surface area (Å²) < 4.78 is 13.4. The highest BCUT2D eigenvalue weighted by Crippen LogP contribution is 2.34. The molecule has 6 heteroatoms. The molecule has 3 aromatic carbocycles. The second-order valence-corrected chi connectivity index (χ2v) is 8.23. The van der Waals surface area contributed by atoms with E-state index >= 15 is 0 Å². The number of para-hydroxylation sites is 3. The summed E-state index contributed by atoms with van der Waals surface area (Å²) in [6.07, 6.45) is 1.31. The SMILES string of the molecule is COc1ccc(N2C[C@H](c3nc4ccccc4n3CCCOc3ccccc3)CC2=O)cc1. The first-order valence-electron chi connectivity index (χ1n) is 11.3. The number of anilines is 1. The molecule has 1 saturated heterocycles. The minimum absolute atomic E-state index is 0.0436. The lowest BCUT2D eigenvalue weighted by molar-refractivity contribution is -0.117. The molecule has 1 fully saturated rings. The van der Waals surface area contributed by atoms with Crippen molar-refractivity contribution in [3.8, 4) is 11.5 Å². The molecule has 0 saturated carbocycles. The molecule has 1 atom stereocenters. The van der Waals surface area contributed by atoms with Crippen LogP contribution in [0, 0.1) is 0 Å². The van der Waals surface area contributed by atoms with Crippen molar-refractivity contribution < 1.29 is 14.3 Å². The number of nitrogens with zero attached hydrogens (tertiary/aromatic N) is 3. The number of hydrogen-bond donors (Lipinski definition) is 0. The summed E-state index contributed by atoms with van der Waals surface area (Å²) in [5.41, 5.74) is 2.96. The van der Waals surface area contributed by atoms with E-state index in [1.807, 2.05) is 77.7 Å². The van der Waals surface area contributed by atoms with Crippen LogP contribution in [-0.4, -0.2) is 35.7 Å². The Kier molecular flexibility index (Phi) is 5.98. The molecule has 0 bridgehead atoms. The van der Waals surface area contributed by atoms with Crippen LogP contribution in [0.15, 0.2) is 78.9 Å². The van der Waals surface area contributed by atoms with Gasteiger partial charge in [-0.05, 0) is 55.0 Å². The van der Waals surface area contributed by atoms with Crippen LogP contribution in [0.3, 0.4) is 0 Å². The number of benzene rings is 3. The van der Waals surface area contributed by atoms with Gasteiger partial charge in [-0.1, -0.05) is 30.3 Å². The Bertz CT molecular complexity index is 1230. The number of aryl methyl sites for hydroxylation is 1. The quantitative estimate of drug-likeness (QED) is 0.360. The Morgan fingerprint density at radius 3 is 2.48 bits per heavy atom. The molecule has 0 N–H and O–H groups in total. The highest BCUT2D eigenvalue weighted by atomic mass is 16.5. The number of carbonyl (C=O) groups excluding carboxylic acids is 1. The summed E-state index contributed by atoms with van der Waals surface area (Å²) in [7, 11) is 1.64. The molecular weight excluding hydrogens is 414 g/mol. The van der Waals surface area contributed by atoms with E-state index in [1.165, 1.54) is 0 Å². The van der Waals surface area contributed by atoms with Crippen LogP contribution in [0.4, 0.5) is 5.69 Å². The van der Waals surface area contributed by atoms with Crippen LogP contribution in [0.5, 0.6) is 11.5 Å². The van der Waals surface area contributed by atoms with Crippen molar-refractivity contribution in [2.24, 2.45) is 0 Å². The molecule has 4 aromatic rings. The zero-order valence-corrected chi connectivity index (χ0v) is 18.7. The number of rotatable bonds is 8. The summed E-state index contributed by atoms with van der Waals surface area (Å²) in [5, 5.41) is 0. The number of methoxy groups -OCH3 is 1. The number of carbonyl (C=O) groups is 1. The first kappa shape index (κ1) is 21.1. The van der Waals surface area contributed by atoms with Crippen molar-refractivity contribution in [1.29, 1.82) is 0 Å². The normalized spacial score (nSPS) is 15.8. The highest BCUT2D eigenvalue weighted by molar-refractivity contribution is 5.96. The van der Waals surface area contributed by atoms with E-state index in [4.69, 9.17) is 14.5 Å². The maximum absolute atomic E-state index is 12.9. The Labute approximate surface area is 193 Å². The lowest BCUT2D eigenvalue weighted by Crippen LogP contribution is -2.24. The Morgan fingerprint density at radius 1 is 0.939 bits per heavy atom. The molecule has 0 unspecified atom stereocenters. The van der Waals surface area contributed by atoms with Gasteiger partial charge in [0.1, 0.15) is 17.3 Å². The first-order valence-corrected chi connectivity index (χ1v) is 11.3. The molecule has 6 nitrogen and oxygen atoms in total. The zero-order valence-electron chi connectivity index (χ0n) is 18.7. The second-order valence-electron chi connectivity index (χ2n) is 8.23. The van der Waals surface area contributed by atoms with Gasteiger partial charge in [0.25, 0.3) is 0 Å². The van der Waals surface area contributed by atoms with Gasteiger partial charge in [-0.3, -0.25) is 4.79 Å². The Hall–Kier alpha value is -3.80. The number of hydrogen-bond acceptors (Lipinski definition) is 4. The van der Waals surface area contributed by atoms with Gasteiger partial charge in [0, 0.05) is 31.1 Å². The van der Waals surface area contributed by atoms with Gasteiger partial charge in [-0.15, -0.1) is 0 Å². The summed E-state index contributed by atoms with van der Waals surface area (Å²) in [6.45, 7) is 2.03. The largest absolute Gasteiger partial charge is 0.497 e. The number of aromatic nitrogens is 2. The van der Waals surface area contributed by atoms with Crippen LogP contribution in [0.1, 0.15) is 24.6 Å². The van der Waals surface area contributed by atoms with E-state index in [0.717, 1.165) is 47.0 Å². The van der Waals surface area contributed by atoms with E-state index in [1.54, 1.807) is 7.11 Å². The summed E-state index contributed by atoms with van der Waals surface area (Å²) in [4.78, 5) is 19.7. The van der Waals surface area contributed by atoms with E-state index in [0.29, 0.717) is 19.6 Å². The van der Waals surface area contributed by atoms with Crippen LogP contribution in [0.2, 0.25) is 0 Å².